The Balaban J connectivity index is 0.000000941. The van der Waals surface area contributed by atoms with Crippen molar-refractivity contribution in [2.45, 2.75) is 53.4 Å². The van der Waals surface area contributed by atoms with Crippen LogP contribution in [0.3, 0.4) is 0 Å². The van der Waals surface area contributed by atoms with Crippen molar-refractivity contribution in [3.63, 3.8) is 0 Å². The minimum atomic E-state index is -0.466. The molecule has 0 aliphatic rings. The van der Waals surface area contributed by atoms with E-state index in [-0.39, 0.29) is 23.9 Å². The summed E-state index contributed by atoms with van der Waals surface area (Å²) in [5, 5.41) is 4.59. The van der Waals surface area contributed by atoms with Gasteiger partial charge in [-0.2, -0.15) is 9.59 Å². The number of hydrogen-bond acceptors (Lipinski definition) is 6. The first-order valence-corrected chi connectivity index (χ1v) is 9.30. The van der Waals surface area contributed by atoms with Crippen LogP contribution in [-0.4, -0.2) is 18.6 Å². The average molecular weight is 399 g/mol. The molecule has 7 nitrogen and oxygen atoms in total. The minimum absolute atomic E-state index is 0.0204. The van der Waals surface area contributed by atoms with Crippen molar-refractivity contribution in [1.29, 1.82) is 0 Å². The van der Waals surface area contributed by atoms with E-state index in [1.807, 2.05) is 26.8 Å². The molecule has 0 aliphatic heterocycles. The molecule has 0 spiro atoms. The Morgan fingerprint density at radius 2 is 1.72 bits per heavy atom. The molecule has 0 bridgehead atoms. The van der Waals surface area contributed by atoms with Crippen molar-refractivity contribution in [1.82, 2.24) is 5.32 Å². The Morgan fingerprint density at radius 3 is 2.28 bits per heavy atom. The Bertz CT molecular complexity index is 1150. The number of amides is 1. The van der Waals surface area contributed by atoms with E-state index in [0.29, 0.717) is 17.7 Å². The van der Waals surface area contributed by atoms with Crippen LogP contribution in [0.4, 0.5) is 0 Å². The van der Waals surface area contributed by atoms with E-state index in [1.54, 1.807) is 6.26 Å². The van der Waals surface area contributed by atoms with Crippen LogP contribution in [0.2, 0.25) is 0 Å². The van der Waals surface area contributed by atoms with Crippen LogP contribution < -0.4 is 10.9 Å². The standard InChI is InChI=1S/C21H25NO4.CO2/c1-7-22-17(23)9-14-11(2)13-8-15-16(21(4,5)6)10-25-18(15)12(3)19(13)26-20(14)24;2-1-3/h8,10H,7,9H2,1-6H3,(H,22,23);. The predicted octanol–water partition coefficient (Wildman–Crippen LogP) is 3.55. The maximum absolute atomic E-state index is 12.5. The van der Waals surface area contributed by atoms with Gasteiger partial charge in [-0.3, -0.25) is 4.79 Å². The molecule has 2 aromatic heterocycles. The minimum Gasteiger partial charge on any atom is -0.464 e. The van der Waals surface area contributed by atoms with Gasteiger partial charge >= 0.3 is 11.8 Å². The molecule has 0 atom stereocenters. The lowest BCUT2D eigenvalue weighted by atomic mass is 9.86. The molecule has 0 saturated carbocycles. The summed E-state index contributed by atoms with van der Waals surface area (Å²) in [6, 6.07) is 2.02. The van der Waals surface area contributed by atoms with Gasteiger partial charge in [0.15, 0.2) is 0 Å². The van der Waals surface area contributed by atoms with E-state index in [4.69, 9.17) is 18.4 Å². The number of rotatable bonds is 3. The van der Waals surface area contributed by atoms with Gasteiger partial charge in [-0.25, -0.2) is 4.79 Å². The molecule has 3 aromatic rings. The highest BCUT2D eigenvalue weighted by molar-refractivity contribution is 6.00. The highest BCUT2D eigenvalue weighted by atomic mass is 16.4. The summed E-state index contributed by atoms with van der Waals surface area (Å²) in [7, 11) is 0. The normalized spacial score (nSPS) is 11.1. The fourth-order valence-corrected chi connectivity index (χ4v) is 3.40. The van der Waals surface area contributed by atoms with E-state index in [0.717, 1.165) is 33.0 Å². The number of hydrogen-bond donors (Lipinski definition) is 1. The number of carbonyl (C=O) groups excluding carboxylic acids is 3. The second kappa shape index (κ2) is 8.45. The van der Waals surface area contributed by atoms with E-state index >= 15 is 0 Å². The molecule has 7 heteroatoms. The zero-order valence-electron chi connectivity index (χ0n) is 17.5. The molecule has 3 rings (SSSR count). The highest BCUT2D eigenvalue weighted by Crippen LogP contribution is 2.37. The monoisotopic (exact) mass is 399 g/mol. The van der Waals surface area contributed by atoms with Crippen molar-refractivity contribution in [2.24, 2.45) is 0 Å². The number of carbonyl (C=O) groups is 1. The first kappa shape index (κ1) is 22.1. The summed E-state index contributed by atoms with van der Waals surface area (Å²) in [5.74, 6) is -0.182. The van der Waals surface area contributed by atoms with Crippen molar-refractivity contribution >= 4 is 34.0 Å². The number of aryl methyl sites for hydroxylation is 2. The number of furan rings is 1. The third kappa shape index (κ3) is 4.30. The molecule has 0 fully saturated rings. The van der Waals surface area contributed by atoms with Crippen LogP contribution in [-0.2, 0) is 26.2 Å². The first-order valence-electron chi connectivity index (χ1n) is 9.30. The SMILES string of the molecule is CCNC(=O)Cc1c(C)c2cc3c(C(C)(C)C)coc3c(C)c2oc1=O.O=C=O. The van der Waals surface area contributed by atoms with Gasteiger partial charge in [-0.15, -0.1) is 0 Å². The van der Waals surface area contributed by atoms with Crippen LogP contribution in [0.1, 0.15) is 49.9 Å². The Hall–Kier alpha value is -3.18. The van der Waals surface area contributed by atoms with Crippen molar-refractivity contribution in [3.8, 4) is 0 Å². The number of nitrogens with one attached hydrogen (secondary N) is 1. The summed E-state index contributed by atoms with van der Waals surface area (Å²) in [5.41, 5.74) is 3.82. The van der Waals surface area contributed by atoms with Gasteiger partial charge in [0.05, 0.1) is 18.2 Å². The second-order valence-corrected chi connectivity index (χ2v) is 7.86. The lowest BCUT2D eigenvalue weighted by molar-refractivity contribution is -0.191. The van der Waals surface area contributed by atoms with E-state index in [1.165, 1.54) is 0 Å². The number of benzene rings is 1. The zero-order chi connectivity index (χ0) is 21.9. The van der Waals surface area contributed by atoms with Crippen molar-refractivity contribution < 1.29 is 23.2 Å². The van der Waals surface area contributed by atoms with Gasteiger partial charge in [-0.1, -0.05) is 20.8 Å². The molecule has 2 heterocycles. The average Bonchev–Trinajstić information content (AvgIpc) is 3.05. The molecule has 0 aliphatic carbocycles. The molecule has 1 amide bonds. The first-order chi connectivity index (χ1) is 13.6. The van der Waals surface area contributed by atoms with Crippen LogP contribution in [0.15, 0.2) is 26.0 Å². The molecule has 0 unspecified atom stereocenters. The molecular formula is C22H25NO6. The molecule has 154 valence electrons. The van der Waals surface area contributed by atoms with Gasteiger partial charge in [-0.05, 0) is 37.8 Å². The highest BCUT2D eigenvalue weighted by Gasteiger charge is 2.24. The molecule has 0 radical (unpaired) electrons. The summed E-state index contributed by atoms with van der Waals surface area (Å²) in [6.07, 6.45) is 2.05. The molecular weight excluding hydrogens is 374 g/mol. The Morgan fingerprint density at radius 1 is 1.10 bits per heavy atom. The molecule has 1 aromatic carbocycles. The van der Waals surface area contributed by atoms with Gasteiger partial charge < -0.3 is 14.2 Å². The maximum Gasteiger partial charge on any atom is 0.373 e. The molecule has 0 saturated heterocycles. The van der Waals surface area contributed by atoms with Crippen molar-refractivity contribution in [3.05, 3.63) is 45.0 Å². The van der Waals surface area contributed by atoms with E-state index in [2.05, 4.69) is 26.1 Å². The predicted molar refractivity (Wildman–Crippen MR) is 108 cm³/mol. The number of likely N-dealkylation sites (N-methyl/N-ethyl adjacent to an activating group) is 1. The second-order valence-electron chi connectivity index (χ2n) is 7.86. The molecule has 29 heavy (non-hydrogen) atoms. The van der Waals surface area contributed by atoms with Gasteiger partial charge in [0.25, 0.3) is 0 Å². The van der Waals surface area contributed by atoms with Crippen molar-refractivity contribution in [2.75, 3.05) is 6.54 Å². The third-order valence-electron chi connectivity index (χ3n) is 4.86. The third-order valence-corrected chi connectivity index (χ3v) is 4.86. The summed E-state index contributed by atoms with van der Waals surface area (Å²) < 4.78 is 11.4. The summed E-state index contributed by atoms with van der Waals surface area (Å²) in [6.45, 7) is 12.5. The lowest BCUT2D eigenvalue weighted by Gasteiger charge is -2.17. The van der Waals surface area contributed by atoms with Crippen LogP contribution in [0.5, 0.6) is 0 Å². The molecule has 1 N–H and O–H groups in total. The van der Waals surface area contributed by atoms with E-state index in [9.17, 15) is 9.59 Å². The largest absolute Gasteiger partial charge is 0.464 e. The summed E-state index contributed by atoms with van der Waals surface area (Å²) in [4.78, 5) is 40.7. The van der Waals surface area contributed by atoms with Gasteiger partial charge in [0.2, 0.25) is 5.91 Å². The smallest absolute Gasteiger partial charge is 0.373 e. The lowest BCUT2D eigenvalue weighted by Crippen LogP contribution is -2.27. The van der Waals surface area contributed by atoms with Crippen LogP contribution in [0.25, 0.3) is 21.9 Å². The van der Waals surface area contributed by atoms with E-state index < -0.39 is 5.63 Å². The van der Waals surface area contributed by atoms with Crippen LogP contribution >= 0.6 is 0 Å². The van der Waals surface area contributed by atoms with Crippen LogP contribution in [0, 0.1) is 13.8 Å². The Labute approximate surface area is 168 Å². The Kier molecular flexibility index (Phi) is 6.44. The fraction of sp³-hybridized carbons (Fsp3) is 0.409. The summed E-state index contributed by atoms with van der Waals surface area (Å²) >= 11 is 0. The topological polar surface area (TPSA) is 107 Å². The maximum atomic E-state index is 12.5. The van der Waals surface area contributed by atoms with Gasteiger partial charge in [0, 0.05) is 28.4 Å². The quantitative estimate of drug-likeness (QED) is 0.675. The fourth-order valence-electron chi connectivity index (χ4n) is 3.40. The zero-order valence-corrected chi connectivity index (χ0v) is 17.5. The van der Waals surface area contributed by atoms with Gasteiger partial charge in [0.1, 0.15) is 11.2 Å². The number of fused-ring (bicyclic) bond motifs is 2.